The summed E-state index contributed by atoms with van der Waals surface area (Å²) in [6, 6.07) is 5.41. The Morgan fingerprint density at radius 2 is 1.81 bits per heavy atom. The maximum atomic E-state index is 14.3. The molecule has 1 aromatic carbocycles. The molecule has 4 unspecified atom stereocenters. The summed E-state index contributed by atoms with van der Waals surface area (Å²) >= 11 is 0. The van der Waals surface area contributed by atoms with Gasteiger partial charge in [0, 0.05) is 43.8 Å². The zero-order valence-electron chi connectivity index (χ0n) is 32.4. The summed E-state index contributed by atoms with van der Waals surface area (Å²) in [6.45, 7) is 13.8. The number of rotatable bonds is 9. The number of alkyl carbamates (subject to hydrolysis) is 1. The van der Waals surface area contributed by atoms with Crippen molar-refractivity contribution in [1.29, 1.82) is 0 Å². The highest BCUT2D eigenvalue weighted by Gasteiger charge is 2.55. The van der Waals surface area contributed by atoms with Crippen molar-refractivity contribution in [3.8, 4) is 0 Å². The number of halogens is 1. The first-order chi connectivity index (χ1) is 24.4. The van der Waals surface area contributed by atoms with Gasteiger partial charge in [0.25, 0.3) is 0 Å². The van der Waals surface area contributed by atoms with Crippen molar-refractivity contribution in [2.24, 2.45) is 17.8 Å². The molecule has 13 atom stereocenters. The molecule has 4 rings (SSSR count). The Bertz CT molecular complexity index is 1390. The van der Waals surface area contributed by atoms with Crippen molar-refractivity contribution in [2.75, 3.05) is 34.3 Å². The first-order valence-electron chi connectivity index (χ1n) is 18.6. The Morgan fingerprint density at radius 1 is 1.12 bits per heavy atom. The summed E-state index contributed by atoms with van der Waals surface area (Å²) in [5.41, 5.74) is -1.74. The number of carbonyl (C=O) groups excluding carboxylic acids is 3. The number of hydrogen-bond donors (Lipinski definition) is 4. The predicted octanol–water partition coefficient (Wildman–Crippen LogP) is 3.16. The minimum atomic E-state index is -1.19. The topological polar surface area (TPSA) is 157 Å². The van der Waals surface area contributed by atoms with E-state index in [-0.39, 0.29) is 23.8 Å². The molecule has 13 nitrogen and oxygen atoms in total. The molecule has 1 amide bonds. The molecule has 52 heavy (non-hydrogen) atoms. The summed E-state index contributed by atoms with van der Waals surface area (Å²) in [6.07, 6.45) is -3.77. The minimum Gasteiger partial charge on any atom is -0.458 e. The fourth-order valence-electron chi connectivity index (χ4n) is 8.16. The highest BCUT2D eigenvalue weighted by atomic mass is 19.1. The third-order valence-corrected chi connectivity index (χ3v) is 11.4. The third kappa shape index (κ3) is 9.31. The Labute approximate surface area is 308 Å². The zero-order valence-corrected chi connectivity index (χ0v) is 32.4. The molecule has 3 fully saturated rings. The standard InChI is InChI=1S/C38H61FN4O9/c1-11-29-38(7)32(42-36(47)52-38)24(5)41-18-21(2)17-37(6,48-10)33(22(3)30(44)23(4)34(46)50-29)51-35-31(45)28(43(8)9)16-26(49-35)20-40-19-25-14-12-13-15-27(25)39/h12-15,21-24,26,28-29,31-33,35,40-41,45H,11,16-20H2,1-10H3,(H,42,47)/t21-,22+,23?,24-,26?,28?,29-,31?,32-,33-,35+,37-,38-/m1/s1. The van der Waals surface area contributed by atoms with Gasteiger partial charge in [-0.3, -0.25) is 9.59 Å². The molecule has 3 heterocycles. The molecule has 0 aliphatic carbocycles. The number of nitrogens with zero attached hydrogens (tertiary/aromatic N) is 1. The number of likely N-dealkylation sites (N-methyl/N-ethyl adjacent to an activating group) is 1. The van der Waals surface area contributed by atoms with Gasteiger partial charge >= 0.3 is 12.1 Å². The van der Waals surface area contributed by atoms with Crippen LogP contribution in [0.25, 0.3) is 0 Å². The van der Waals surface area contributed by atoms with Gasteiger partial charge in [0.1, 0.15) is 23.9 Å². The van der Waals surface area contributed by atoms with E-state index in [9.17, 15) is 23.9 Å². The van der Waals surface area contributed by atoms with Gasteiger partial charge < -0.3 is 49.6 Å². The first-order valence-corrected chi connectivity index (χ1v) is 18.6. The van der Waals surface area contributed by atoms with E-state index in [2.05, 4.69) is 22.9 Å². The van der Waals surface area contributed by atoms with E-state index in [1.54, 1.807) is 39.2 Å². The lowest BCUT2D eigenvalue weighted by Gasteiger charge is -2.47. The molecule has 1 aromatic rings. The van der Waals surface area contributed by atoms with Crippen molar-refractivity contribution >= 4 is 17.8 Å². The second-order valence-electron chi connectivity index (χ2n) is 15.6. The molecule has 0 bridgehead atoms. The monoisotopic (exact) mass is 736 g/mol. The predicted molar refractivity (Wildman–Crippen MR) is 192 cm³/mol. The lowest BCUT2D eigenvalue weighted by Crippen LogP contribution is -2.60. The van der Waals surface area contributed by atoms with Crippen molar-refractivity contribution in [3.05, 3.63) is 35.6 Å². The Balaban J connectivity index is 1.64. The number of nitrogens with one attached hydrogen (secondary N) is 3. The van der Waals surface area contributed by atoms with Crippen molar-refractivity contribution in [1.82, 2.24) is 20.9 Å². The van der Waals surface area contributed by atoms with E-state index >= 15 is 0 Å². The van der Waals surface area contributed by atoms with Crippen molar-refractivity contribution in [2.45, 2.75) is 134 Å². The van der Waals surface area contributed by atoms with Crippen LogP contribution in [0.1, 0.15) is 73.3 Å². The number of aliphatic hydroxyl groups is 1. The van der Waals surface area contributed by atoms with Crippen LogP contribution in [-0.2, 0) is 39.8 Å². The second-order valence-corrected chi connectivity index (χ2v) is 15.6. The van der Waals surface area contributed by atoms with Crippen LogP contribution >= 0.6 is 0 Å². The molecule has 0 aromatic heterocycles. The third-order valence-electron chi connectivity index (χ3n) is 11.4. The number of esters is 1. The minimum absolute atomic E-state index is 0.0189. The summed E-state index contributed by atoms with van der Waals surface area (Å²) in [5.74, 6) is -3.58. The average Bonchev–Trinajstić information content (AvgIpc) is 3.42. The number of ketones is 1. The smallest absolute Gasteiger partial charge is 0.408 e. The lowest BCUT2D eigenvalue weighted by atomic mass is 9.78. The largest absolute Gasteiger partial charge is 0.458 e. The van der Waals surface area contributed by atoms with Gasteiger partial charge in [-0.25, -0.2) is 9.18 Å². The van der Waals surface area contributed by atoms with Crippen LogP contribution in [0.3, 0.4) is 0 Å². The molecular weight excluding hydrogens is 675 g/mol. The van der Waals surface area contributed by atoms with E-state index in [0.717, 1.165) is 0 Å². The quantitative estimate of drug-likeness (QED) is 0.217. The number of benzene rings is 1. The normalized spacial score (nSPS) is 39.6. The van der Waals surface area contributed by atoms with E-state index in [4.69, 9.17) is 23.7 Å². The molecule has 0 spiro atoms. The number of hydrogen-bond acceptors (Lipinski definition) is 12. The van der Waals surface area contributed by atoms with E-state index in [1.165, 1.54) is 13.0 Å². The van der Waals surface area contributed by atoms with Gasteiger partial charge in [-0.1, -0.05) is 39.0 Å². The van der Waals surface area contributed by atoms with Gasteiger partial charge in [0.2, 0.25) is 0 Å². The zero-order chi connectivity index (χ0) is 38.5. The van der Waals surface area contributed by atoms with Gasteiger partial charge in [0.05, 0.1) is 23.9 Å². The highest BCUT2D eigenvalue weighted by Crippen LogP contribution is 2.37. The molecule has 3 aliphatic rings. The number of ether oxygens (including phenoxy) is 5. The van der Waals surface area contributed by atoms with E-state index in [1.807, 2.05) is 39.8 Å². The van der Waals surface area contributed by atoms with Gasteiger partial charge in [-0.2, -0.15) is 0 Å². The van der Waals surface area contributed by atoms with E-state index < -0.39 is 77.6 Å². The van der Waals surface area contributed by atoms with Gasteiger partial charge in [0.15, 0.2) is 17.7 Å². The second kappa shape index (κ2) is 17.6. The molecule has 3 saturated heterocycles. The number of fused-ring (bicyclic) bond motifs is 1. The Hall–Kier alpha value is -2.72. The molecule has 14 heteroatoms. The number of cyclic esters (lactones) is 1. The van der Waals surface area contributed by atoms with Crippen LogP contribution < -0.4 is 16.0 Å². The van der Waals surface area contributed by atoms with Crippen LogP contribution in [0.4, 0.5) is 9.18 Å². The summed E-state index contributed by atoms with van der Waals surface area (Å²) < 4.78 is 45.4. The molecule has 0 radical (unpaired) electrons. The van der Waals surface area contributed by atoms with Crippen LogP contribution in [0, 0.1) is 23.6 Å². The number of methoxy groups -OCH3 is 1. The molecular formula is C38H61FN4O9. The molecule has 3 aliphatic heterocycles. The average molecular weight is 737 g/mol. The number of Topliss-reactive ketones (excluding diaryl/α,β-unsaturated/α-hetero) is 1. The Kier molecular flexibility index (Phi) is 14.2. The van der Waals surface area contributed by atoms with Crippen LogP contribution in [0.2, 0.25) is 0 Å². The molecule has 0 saturated carbocycles. The number of carbonyl (C=O) groups is 3. The Morgan fingerprint density at radius 3 is 2.44 bits per heavy atom. The van der Waals surface area contributed by atoms with E-state index in [0.29, 0.717) is 44.5 Å². The fraction of sp³-hybridized carbons (Fsp3) is 0.763. The first kappa shape index (κ1) is 42.0. The van der Waals surface area contributed by atoms with Crippen LogP contribution in [0.5, 0.6) is 0 Å². The van der Waals surface area contributed by atoms with Crippen LogP contribution in [0.15, 0.2) is 24.3 Å². The van der Waals surface area contributed by atoms with Crippen molar-refractivity contribution in [3.63, 3.8) is 0 Å². The SMILES string of the molecule is CC[C@H]1OC(=O)C(C)C(=O)[C@H](C)[C@@H](O[C@@H]2OC(CNCc3ccccc3F)CC(N(C)C)C2O)[C@](C)(OC)C[C@@H](C)CN[C@H](C)[C@H]2NC(=O)O[C@@]21C. The van der Waals surface area contributed by atoms with Crippen LogP contribution in [-0.4, -0.2) is 122 Å². The maximum Gasteiger partial charge on any atom is 0.408 e. The maximum absolute atomic E-state index is 14.3. The highest BCUT2D eigenvalue weighted by molar-refractivity contribution is 6.00. The lowest BCUT2D eigenvalue weighted by molar-refractivity contribution is -0.297. The van der Waals surface area contributed by atoms with Crippen molar-refractivity contribution < 1.29 is 47.6 Å². The van der Waals surface area contributed by atoms with Gasteiger partial charge in [-0.05, 0) is 79.6 Å². The number of amides is 1. The summed E-state index contributed by atoms with van der Waals surface area (Å²) in [7, 11) is 5.29. The summed E-state index contributed by atoms with van der Waals surface area (Å²) in [5, 5.41) is 21.3. The molecule has 294 valence electrons. The summed E-state index contributed by atoms with van der Waals surface area (Å²) in [4.78, 5) is 42.4. The fourth-order valence-corrected chi connectivity index (χ4v) is 8.16. The van der Waals surface area contributed by atoms with Gasteiger partial charge in [-0.15, -0.1) is 0 Å². The number of aliphatic hydroxyl groups excluding tert-OH is 1. The molecule has 4 N–H and O–H groups in total.